The molecule has 10 heteroatoms. The Morgan fingerprint density at radius 2 is 1.88 bits per heavy atom. The third-order valence-electron chi connectivity index (χ3n) is 5.43. The van der Waals surface area contributed by atoms with E-state index in [0.29, 0.717) is 16.8 Å². The molecular formula is C22H18F2N6O2. The van der Waals surface area contributed by atoms with Gasteiger partial charge in [0.25, 0.3) is 11.8 Å². The molecule has 1 aliphatic rings. The molecule has 1 fully saturated rings. The fourth-order valence-electron chi connectivity index (χ4n) is 3.73. The number of para-hydroxylation sites is 2. The maximum Gasteiger partial charge on any atom is 0.287 e. The standard InChI is InChI=1S/C22H18F2N6O2/c23-22(24)11-12-29(21(31)16-6-2-4-8-18(16)30-14-25-27-28-30)13-19(22)32-20-10-9-15-5-1-3-7-17(15)26-20/h1-10,14,19H,11-13H2/t19-/m0/s1. The number of carbonyl (C=O) groups is 1. The van der Waals surface area contributed by atoms with Gasteiger partial charge in [-0.1, -0.05) is 30.3 Å². The second-order valence-electron chi connectivity index (χ2n) is 7.48. The minimum absolute atomic E-state index is 0.0942. The Bertz CT molecular complexity index is 1260. The Kier molecular flexibility index (Phi) is 4.96. The van der Waals surface area contributed by atoms with Gasteiger partial charge in [0, 0.05) is 24.4 Å². The Labute approximate surface area is 181 Å². The summed E-state index contributed by atoms with van der Waals surface area (Å²) in [7, 11) is 0. The average Bonchev–Trinajstić information content (AvgIpc) is 3.35. The number of piperidine rings is 1. The molecule has 0 radical (unpaired) electrons. The zero-order chi connectivity index (χ0) is 22.1. The van der Waals surface area contributed by atoms with E-state index in [4.69, 9.17) is 4.74 Å². The smallest absolute Gasteiger partial charge is 0.287 e. The lowest BCUT2D eigenvalue weighted by Crippen LogP contribution is -2.55. The molecule has 4 aromatic rings. The first kappa shape index (κ1) is 20.0. The van der Waals surface area contributed by atoms with E-state index in [0.717, 1.165) is 5.39 Å². The Morgan fingerprint density at radius 1 is 1.06 bits per heavy atom. The van der Waals surface area contributed by atoms with Crippen molar-refractivity contribution in [3.05, 3.63) is 72.6 Å². The zero-order valence-electron chi connectivity index (χ0n) is 16.8. The number of likely N-dealkylation sites (tertiary alicyclic amines) is 1. The fraction of sp³-hybridized carbons (Fsp3) is 0.227. The van der Waals surface area contributed by atoms with Crippen LogP contribution in [0.25, 0.3) is 16.6 Å². The third kappa shape index (κ3) is 3.75. The number of nitrogens with zero attached hydrogens (tertiary/aromatic N) is 6. The minimum Gasteiger partial charge on any atom is -0.466 e. The van der Waals surface area contributed by atoms with E-state index in [-0.39, 0.29) is 19.0 Å². The Balaban J connectivity index is 1.39. The van der Waals surface area contributed by atoms with Gasteiger partial charge in [0.15, 0.2) is 6.10 Å². The van der Waals surface area contributed by atoms with Crippen molar-refractivity contribution in [3.63, 3.8) is 0 Å². The van der Waals surface area contributed by atoms with E-state index in [2.05, 4.69) is 20.5 Å². The molecule has 162 valence electrons. The van der Waals surface area contributed by atoms with Crippen molar-refractivity contribution in [1.29, 1.82) is 0 Å². The van der Waals surface area contributed by atoms with Crippen LogP contribution in [-0.2, 0) is 0 Å². The second kappa shape index (κ2) is 7.95. The van der Waals surface area contributed by atoms with Crippen molar-refractivity contribution >= 4 is 16.8 Å². The summed E-state index contributed by atoms with van der Waals surface area (Å²) >= 11 is 0. The molecule has 5 rings (SSSR count). The van der Waals surface area contributed by atoms with Gasteiger partial charge in [0.1, 0.15) is 6.33 Å². The zero-order valence-corrected chi connectivity index (χ0v) is 16.8. The molecule has 0 bridgehead atoms. The van der Waals surface area contributed by atoms with Crippen LogP contribution < -0.4 is 4.74 Å². The number of rotatable bonds is 4. The molecule has 0 unspecified atom stereocenters. The van der Waals surface area contributed by atoms with Gasteiger partial charge in [-0.2, -0.15) is 4.68 Å². The highest BCUT2D eigenvalue weighted by atomic mass is 19.3. The van der Waals surface area contributed by atoms with Crippen LogP contribution in [0.3, 0.4) is 0 Å². The maximum absolute atomic E-state index is 14.7. The summed E-state index contributed by atoms with van der Waals surface area (Å²) in [5.74, 6) is -3.40. The maximum atomic E-state index is 14.7. The average molecular weight is 436 g/mol. The highest BCUT2D eigenvalue weighted by Crippen LogP contribution is 2.32. The molecule has 3 heterocycles. The predicted molar refractivity (Wildman–Crippen MR) is 111 cm³/mol. The van der Waals surface area contributed by atoms with Crippen LogP contribution in [0.15, 0.2) is 67.0 Å². The SMILES string of the molecule is O=C(c1ccccc1-n1cnnn1)N1CCC(F)(F)[C@@H](Oc2ccc3ccccc3n2)C1. The first-order chi connectivity index (χ1) is 15.5. The molecular weight excluding hydrogens is 418 g/mol. The van der Waals surface area contributed by atoms with E-state index in [9.17, 15) is 13.6 Å². The summed E-state index contributed by atoms with van der Waals surface area (Å²) < 4.78 is 36.3. The number of tetrazole rings is 1. The van der Waals surface area contributed by atoms with Gasteiger partial charge >= 0.3 is 0 Å². The number of benzene rings is 2. The van der Waals surface area contributed by atoms with E-state index >= 15 is 0 Å². The highest BCUT2D eigenvalue weighted by molar-refractivity contribution is 5.97. The van der Waals surface area contributed by atoms with Crippen molar-refractivity contribution in [3.8, 4) is 11.6 Å². The number of carbonyl (C=O) groups excluding carboxylic acids is 1. The molecule has 1 amide bonds. The van der Waals surface area contributed by atoms with Crippen molar-refractivity contribution in [2.45, 2.75) is 18.4 Å². The van der Waals surface area contributed by atoms with Crippen LogP contribution >= 0.6 is 0 Å². The predicted octanol–water partition coefficient (Wildman–Crippen LogP) is 3.14. The van der Waals surface area contributed by atoms with Crippen molar-refractivity contribution in [1.82, 2.24) is 30.1 Å². The quantitative estimate of drug-likeness (QED) is 0.489. The Hall–Kier alpha value is -3.95. The molecule has 1 saturated heterocycles. The molecule has 0 aliphatic carbocycles. The minimum atomic E-state index is -3.10. The molecule has 0 saturated carbocycles. The summed E-state index contributed by atoms with van der Waals surface area (Å²) in [5, 5.41) is 11.9. The molecule has 0 N–H and O–H groups in total. The number of hydrogen-bond acceptors (Lipinski definition) is 6. The lowest BCUT2D eigenvalue weighted by Gasteiger charge is -2.38. The topological polar surface area (TPSA) is 86.0 Å². The fourth-order valence-corrected chi connectivity index (χ4v) is 3.73. The number of alkyl halides is 2. The first-order valence-electron chi connectivity index (χ1n) is 10.0. The van der Waals surface area contributed by atoms with Gasteiger partial charge in [-0.3, -0.25) is 4.79 Å². The number of ether oxygens (including phenoxy) is 1. The van der Waals surface area contributed by atoms with E-state index in [1.807, 2.05) is 18.2 Å². The summed E-state index contributed by atoms with van der Waals surface area (Å²) in [6.45, 7) is -0.370. The van der Waals surface area contributed by atoms with E-state index in [1.54, 1.807) is 42.5 Å². The molecule has 0 spiro atoms. The van der Waals surface area contributed by atoms with Crippen LogP contribution in [0.1, 0.15) is 16.8 Å². The molecule has 32 heavy (non-hydrogen) atoms. The van der Waals surface area contributed by atoms with Gasteiger partial charge in [0.2, 0.25) is 5.88 Å². The number of hydrogen-bond donors (Lipinski definition) is 0. The molecule has 2 aromatic carbocycles. The van der Waals surface area contributed by atoms with Gasteiger partial charge in [-0.05, 0) is 34.7 Å². The lowest BCUT2D eigenvalue weighted by atomic mass is 10.0. The number of amides is 1. The van der Waals surface area contributed by atoms with E-state index in [1.165, 1.54) is 15.9 Å². The van der Waals surface area contributed by atoms with Crippen LogP contribution in [0.4, 0.5) is 8.78 Å². The van der Waals surface area contributed by atoms with Crippen LogP contribution in [0, 0.1) is 0 Å². The lowest BCUT2D eigenvalue weighted by molar-refractivity contribution is -0.131. The highest BCUT2D eigenvalue weighted by Gasteiger charge is 2.47. The second-order valence-corrected chi connectivity index (χ2v) is 7.48. The van der Waals surface area contributed by atoms with Gasteiger partial charge in [0.05, 0.1) is 23.3 Å². The van der Waals surface area contributed by atoms with E-state index < -0.39 is 24.4 Å². The van der Waals surface area contributed by atoms with Gasteiger partial charge in [-0.15, -0.1) is 5.10 Å². The summed E-state index contributed by atoms with van der Waals surface area (Å²) in [6, 6.07) is 17.4. The number of halogens is 2. The third-order valence-corrected chi connectivity index (χ3v) is 5.43. The largest absolute Gasteiger partial charge is 0.466 e. The number of aromatic nitrogens is 5. The summed E-state index contributed by atoms with van der Waals surface area (Å²) in [5.41, 5.74) is 1.42. The van der Waals surface area contributed by atoms with Gasteiger partial charge < -0.3 is 9.64 Å². The van der Waals surface area contributed by atoms with Crippen molar-refractivity contribution < 1.29 is 18.3 Å². The molecule has 1 atom stereocenters. The summed E-state index contributed by atoms with van der Waals surface area (Å²) in [6.07, 6.45) is -0.660. The first-order valence-corrected chi connectivity index (χ1v) is 10.0. The molecule has 1 aliphatic heterocycles. The van der Waals surface area contributed by atoms with Crippen molar-refractivity contribution in [2.24, 2.45) is 0 Å². The normalized spacial score (nSPS) is 17.9. The molecule has 8 nitrogen and oxygen atoms in total. The monoisotopic (exact) mass is 436 g/mol. The molecule has 2 aromatic heterocycles. The van der Waals surface area contributed by atoms with Gasteiger partial charge in [-0.25, -0.2) is 13.8 Å². The summed E-state index contributed by atoms with van der Waals surface area (Å²) in [4.78, 5) is 18.9. The number of fused-ring (bicyclic) bond motifs is 1. The van der Waals surface area contributed by atoms with Crippen LogP contribution in [-0.4, -0.2) is 61.1 Å². The van der Waals surface area contributed by atoms with Crippen LogP contribution in [0.5, 0.6) is 5.88 Å². The van der Waals surface area contributed by atoms with Crippen molar-refractivity contribution in [2.75, 3.05) is 13.1 Å². The van der Waals surface area contributed by atoms with Crippen LogP contribution in [0.2, 0.25) is 0 Å². The number of pyridine rings is 1. The Morgan fingerprint density at radius 3 is 2.72 bits per heavy atom.